The lowest BCUT2D eigenvalue weighted by Gasteiger charge is -2.17. The van der Waals surface area contributed by atoms with E-state index in [0.29, 0.717) is 24.8 Å². The summed E-state index contributed by atoms with van der Waals surface area (Å²) in [7, 11) is 0. The molecule has 1 saturated carbocycles. The molecule has 3 N–H and O–H groups in total. The van der Waals surface area contributed by atoms with E-state index in [9.17, 15) is 4.79 Å². The fourth-order valence-corrected chi connectivity index (χ4v) is 3.78. The molecule has 1 aliphatic rings. The van der Waals surface area contributed by atoms with E-state index in [1.807, 2.05) is 59.3 Å². The smallest absolute Gasteiger partial charge is 0.227 e. The molecule has 1 aromatic carbocycles. The van der Waals surface area contributed by atoms with Crippen molar-refractivity contribution in [2.75, 3.05) is 11.9 Å². The average molecular weight is 364 g/mol. The quantitative estimate of drug-likeness (QED) is 0.704. The summed E-state index contributed by atoms with van der Waals surface area (Å²) in [4.78, 5) is 17.1. The molecule has 3 aromatic rings. The van der Waals surface area contributed by atoms with Crippen LogP contribution in [0.2, 0.25) is 0 Å². The predicted molar refractivity (Wildman–Crippen MR) is 104 cm³/mol. The summed E-state index contributed by atoms with van der Waals surface area (Å²) in [6.45, 7) is 0.942. The van der Waals surface area contributed by atoms with Gasteiger partial charge in [-0.05, 0) is 49.6 Å². The zero-order valence-corrected chi connectivity index (χ0v) is 15.2. The molecular formula is C21H24N4O2. The van der Waals surface area contributed by atoms with Crippen LogP contribution in [0.15, 0.2) is 54.9 Å². The van der Waals surface area contributed by atoms with Crippen LogP contribution in [-0.4, -0.2) is 21.8 Å². The van der Waals surface area contributed by atoms with E-state index in [2.05, 4.69) is 10.3 Å². The Balaban J connectivity index is 1.39. The first-order chi connectivity index (χ1) is 13.2. The minimum Gasteiger partial charge on any atom is -0.487 e. The van der Waals surface area contributed by atoms with Crippen molar-refractivity contribution in [2.24, 2.45) is 17.6 Å². The summed E-state index contributed by atoms with van der Waals surface area (Å²) in [6, 6.07) is 13.4. The van der Waals surface area contributed by atoms with Crippen LogP contribution in [0, 0.1) is 11.8 Å². The summed E-state index contributed by atoms with van der Waals surface area (Å²) >= 11 is 0. The molecule has 1 fully saturated rings. The second kappa shape index (κ2) is 7.80. The van der Waals surface area contributed by atoms with Gasteiger partial charge < -0.3 is 20.2 Å². The first-order valence-electron chi connectivity index (χ1n) is 9.39. The van der Waals surface area contributed by atoms with Gasteiger partial charge in [0.25, 0.3) is 0 Å². The number of rotatable bonds is 6. The fourth-order valence-electron chi connectivity index (χ4n) is 3.78. The average Bonchev–Trinajstić information content (AvgIpc) is 3.33. The highest BCUT2D eigenvalue weighted by Crippen LogP contribution is 2.32. The number of ether oxygens (including phenoxy) is 1. The zero-order chi connectivity index (χ0) is 18.6. The van der Waals surface area contributed by atoms with Gasteiger partial charge in [0.2, 0.25) is 5.91 Å². The minimum atomic E-state index is 0.0116. The van der Waals surface area contributed by atoms with Gasteiger partial charge in [-0.2, -0.15) is 0 Å². The van der Waals surface area contributed by atoms with E-state index >= 15 is 0 Å². The second-order valence-corrected chi connectivity index (χ2v) is 7.04. The SMILES string of the molecule is NC[C@H]1CCC[C@H]1C(=O)Nc1cccc(OCc2cn3ccccc3n2)c1. The van der Waals surface area contributed by atoms with Crippen LogP contribution in [0.5, 0.6) is 5.75 Å². The molecule has 6 nitrogen and oxygen atoms in total. The Morgan fingerprint density at radius 2 is 2.19 bits per heavy atom. The predicted octanol–water partition coefficient (Wildman–Crippen LogP) is 3.23. The zero-order valence-electron chi connectivity index (χ0n) is 15.2. The lowest BCUT2D eigenvalue weighted by molar-refractivity contribution is -0.120. The normalized spacial score (nSPS) is 19.3. The Morgan fingerprint density at radius 1 is 1.26 bits per heavy atom. The molecule has 1 amide bonds. The number of carbonyl (C=O) groups excluding carboxylic acids is 1. The standard InChI is InChI=1S/C21H24N4O2/c22-12-15-5-3-8-19(15)21(26)24-16-6-4-7-18(11-16)27-14-17-13-25-10-2-1-9-20(25)23-17/h1-2,4,6-7,9-11,13,15,19H,3,5,8,12,14,22H2,(H,24,26)/t15-,19-/m1/s1. The molecule has 2 heterocycles. The van der Waals surface area contributed by atoms with Crippen LogP contribution in [-0.2, 0) is 11.4 Å². The number of amides is 1. The summed E-state index contributed by atoms with van der Waals surface area (Å²) < 4.78 is 7.83. The maximum Gasteiger partial charge on any atom is 0.227 e. The Hall–Kier alpha value is -2.86. The number of benzene rings is 1. The first-order valence-corrected chi connectivity index (χ1v) is 9.39. The molecule has 0 aliphatic heterocycles. The Morgan fingerprint density at radius 3 is 3.04 bits per heavy atom. The second-order valence-electron chi connectivity index (χ2n) is 7.04. The maximum absolute atomic E-state index is 12.6. The number of anilines is 1. The highest BCUT2D eigenvalue weighted by atomic mass is 16.5. The van der Waals surface area contributed by atoms with Crippen molar-refractivity contribution in [1.82, 2.24) is 9.38 Å². The Labute approximate surface area is 158 Å². The van der Waals surface area contributed by atoms with Crippen LogP contribution >= 0.6 is 0 Å². The van der Waals surface area contributed by atoms with Crippen LogP contribution in [0.3, 0.4) is 0 Å². The Bertz CT molecular complexity index is 904. The number of hydrogen-bond donors (Lipinski definition) is 2. The van der Waals surface area contributed by atoms with E-state index < -0.39 is 0 Å². The van der Waals surface area contributed by atoms with Crippen molar-refractivity contribution < 1.29 is 9.53 Å². The number of nitrogens with zero attached hydrogens (tertiary/aromatic N) is 2. The van der Waals surface area contributed by atoms with Gasteiger partial charge in [0.1, 0.15) is 18.0 Å². The van der Waals surface area contributed by atoms with Crippen molar-refractivity contribution in [1.29, 1.82) is 0 Å². The molecule has 2 atom stereocenters. The first kappa shape index (κ1) is 17.5. The molecule has 2 aromatic heterocycles. The van der Waals surface area contributed by atoms with E-state index in [1.54, 1.807) is 0 Å². The van der Waals surface area contributed by atoms with Gasteiger partial charge in [0, 0.05) is 30.1 Å². The van der Waals surface area contributed by atoms with Gasteiger partial charge in [-0.15, -0.1) is 0 Å². The molecule has 0 bridgehead atoms. The van der Waals surface area contributed by atoms with Crippen molar-refractivity contribution in [2.45, 2.75) is 25.9 Å². The molecular weight excluding hydrogens is 340 g/mol. The molecule has 0 radical (unpaired) electrons. The van der Waals surface area contributed by atoms with Crippen LogP contribution < -0.4 is 15.8 Å². The number of imidazole rings is 1. The number of carbonyl (C=O) groups is 1. The molecule has 140 valence electrons. The van der Waals surface area contributed by atoms with Crippen molar-refractivity contribution in [3.05, 3.63) is 60.6 Å². The summed E-state index contributed by atoms with van der Waals surface area (Å²) in [5.74, 6) is 1.06. The summed E-state index contributed by atoms with van der Waals surface area (Å²) in [5, 5.41) is 3.01. The molecule has 1 aliphatic carbocycles. The van der Waals surface area contributed by atoms with E-state index in [1.165, 1.54) is 0 Å². The van der Waals surface area contributed by atoms with E-state index in [-0.39, 0.29) is 11.8 Å². The summed E-state index contributed by atoms with van der Waals surface area (Å²) in [5.41, 5.74) is 8.29. The topological polar surface area (TPSA) is 81.7 Å². The molecule has 6 heteroatoms. The number of fused-ring (bicyclic) bond motifs is 1. The van der Waals surface area contributed by atoms with Gasteiger partial charge in [-0.3, -0.25) is 4.79 Å². The van der Waals surface area contributed by atoms with Gasteiger partial charge in [0.05, 0.1) is 5.69 Å². The van der Waals surface area contributed by atoms with Crippen LogP contribution in [0.25, 0.3) is 5.65 Å². The lowest BCUT2D eigenvalue weighted by Crippen LogP contribution is -2.29. The molecule has 0 unspecified atom stereocenters. The third kappa shape index (κ3) is 3.95. The Kier molecular flexibility index (Phi) is 5.07. The van der Waals surface area contributed by atoms with E-state index in [4.69, 9.17) is 10.5 Å². The van der Waals surface area contributed by atoms with Crippen LogP contribution in [0.4, 0.5) is 5.69 Å². The maximum atomic E-state index is 12.6. The van der Waals surface area contributed by atoms with Crippen molar-refractivity contribution in [3.63, 3.8) is 0 Å². The number of nitrogens with two attached hydrogens (primary N) is 1. The molecule has 0 spiro atoms. The van der Waals surface area contributed by atoms with Gasteiger partial charge in [-0.1, -0.05) is 18.6 Å². The number of nitrogens with one attached hydrogen (secondary N) is 1. The molecule has 27 heavy (non-hydrogen) atoms. The summed E-state index contributed by atoms with van der Waals surface area (Å²) in [6.07, 6.45) is 6.93. The van der Waals surface area contributed by atoms with Crippen molar-refractivity contribution >= 4 is 17.2 Å². The lowest BCUT2D eigenvalue weighted by atomic mass is 9.95. The van der Waals surface area contributed by atoms with Gasteiger partial charge in [-0.25, -0.2) is 4.98 Å². The van der Waals surface area contributed by atoms with Crippen molar-refractivity contribution in [3.8, 4) is 5.75 Å². The van der Waals surface area contributed by atoms with Gasteiger partial charge in [0.15, 0.2) is 0 Å². The minimum absolute atomic E-state index is 0.0116. The third-order valence-corrected chi connectivity index (χ3v) is 5.20. The third-order valence-electron chi connectivity index (χ3n) is 5.20. The highest BCUT2D eigenvalue weighted by Gasteiger charge is 2.31. The number of aromatic nitrogens is 2. The van der Waals surface area contributed by atoms with E-state index in [0.717, 1.165) is 36.3 Å². The van der Waals surface area contributed by atoms with Crippen LogP contribution in [0.1, 0.15) is 25.0 Å². The molecule has 4 rings (SSSR count). The van der Waals surface area contributed by atoms with Gasteiger partial charge >= 0.3 is 0 Å². The monoisotopic (exact) mass is 364 g/mol. The largest absolute Gasteiger partial charge is 0.487 e. The number of hydrogen-bond acceptors (Lipinski definition) is 4. The fraction of sp³-hybridized carbons (Fsp3) is 0.333. The highest BCUT2D eigenvalue weighted by molar-refractivity contribution is 5.93. The number of pyridine rings is 1. The molecule has 0 saturated heterocycles.